The molecule has 1 atom stereocenters. The molecule has 6 nitrogen and oxygen atoms in total. The van der Waals surface area contributed by atoms with E-state index in [-0.39, 0.29) is 6.42 Å². The second-order valence-electron chi connectivity index (χ2n) is 5.23. The molecule has 1 aromatic rings. The Hall–Kier alpha value is -1.95. The van der Waals surface area contributed by atoms with Crippen molar-refractivity contribution >= 4 is 11.8 Å². The average molecular weight is 262 g/mol. The highest BCUT2D eigenvalue weighted by Crippen LogP contribution is 2.34. The first-order valence-corrected chi connectivity index (χ1v) is 6.05. The molecule has 0 saturated heterocycles. The predicted octanol–water partition coefficient (Wildman–Crippen LogP) is 1.35. The number of aromatic nitrogens is 1. The van der Waals surface area contributed by atoms with Crippen LogP contribution in [0.25, 0.3) is 6.08 Å². The third-order valence-corrected chi connectivity index (χ3v) is 3.55. The molecule has 102 valence electrons. The van der Waals surface area contributed by atoms with Crippen LogP contribution < -0.4 is 10.6 Å². The fourth-order valence-electron chi connectivity index (χ4n) is 2.35. The monoisotopic (exact) mass is 262 g/mol. The van der Waals surface area contributed by atoms with E-state index in [2.05, 4.69) is 4.98 Å². The molecule has 0 amide bonds. The number of hydrogen-bond acceptors (Lipinski definition) is 5. The number of pyridine rings is 1. The van der Waals surface area contributed by atoms with E-state index >= 15 is 0 Å². The Labute approximate surface area is 112 Å². The fourth-order valence-corrected chi connectivity index (χ4v) is 2.35. The molecule has 19 heavy (non-hydrogen) atoms. The summed E-state index contributed by atoms with van der Waals surface area (Å²) in [5.41, 5.74) is 8.39. The zero-order valence-electron chi connectivity index (χ0n) is 11.6. The Bertz CT molecular complexity index is 580. The Morgan fingerprint density at radius 3 is 2.63 bits per heavy atom. The zero-order valence-corrected chi connectivity index (χ0v) is 11.6. The van der Waals surface area contributed by atoms with Crippen LogP contribution in [0.1, 0.15) is 23.9 Å². The molecule has 0 saturated carbocycles. The van der Waals surface area contributed by atoms with Crippen LogP contribution in [0.3, 0.4) is 0 Å². The molecule has 0 radical (unpaired) electrons. The second kappa shape index (κ2) is 4.31. The summed E-state index contributed by atoms with van der Waals surface area (Å²) < 4.78 is 0. The van der Waals surface area contributed by atoms with Gasteiger partial charge in [0.2, 0.25) is 0 Å². The molecular weight excluding hydrogens is 244 g/mol. The minimum Gasteiger partial charge on any atom is -0.377 e. The Morgan fingerprint density at radius 1 is 1.47 bits per heavy atom. The van der Waals surface area contributed by atoms with E-state index < -0.39 is 10.6 Å². The highest BCUT2D eigenvalue weighted by Gasteiger charge is 2.44. The number of aryl methyl sites for hydroxylation is 1. The van der Waals surface area contributed by atoms with E-state index in [1.54, 1.807) is 13.0 Å². The van der Waals surface area contributed by atoms with Crippen LogP contribution in [0.5, 0.6) is 0 Å². The van der Waals surface area contributed by atoms with Gasteiger partial charge in [-0.1, -0.05) is 0 Å². The van der Waals surface area contributed by atoms with Gasteiger partial charge in [-0.2, -0.15) is 0 Å². The van der Waals surface area contributed by atoms with E-state index in [1.165, 1.54) is 0 Å². The quantitative estimate of drug-likeness (QED) is 0.494. The molecule has 1 aliphatic rings. The predicted molar refractivity (Wildman–Crippen MR) is 74.6 cm³/mol. The van der Waals surface area contributed by atoms with Gasteiger partial charge in [0.05, 0.1) is 12.1 Å². The molecule has 0 spiro atoms. The number of nitro groups is 1. The van der Waals surface area contributed by atoms with Gasteiger partial charge in [0.1, 0.15) is 0 Å². The van der Waals surface area contributed by atoms with Gasteiger partial charge in [-0.25, -0.2) is 0 Å². The molecule has 2 N–H and O–H groups in total. The van der Waals surface area contributed by atoms with Gasteiger partial charge in [0, 0.05) is 41.5 Å². The van der Waals surface area contributed by atoms with Gasteiger partial charge in [-0.15, -0.1) is 0 Å². The smallest absolute Gasteiger partial charge is 0.298 e. The van der Waals surface area contributed by atoms with Crippen LogP contribution in [0.4, 0.5) is 5.69 Å². The molecule has 1 heterocycles. The standard InChI is InChI=1S/C13H18N4O2/c1-8-5-11-10(7-13(8,14)17(18)19)12(16(3)4)6-9(2)15-11/h5-6H,7,14H2,1-4H3. The van der Waals surface area contributed by atoms with E-state index in [9.17, 15) is 10.1 Å². The second-order valence-corrected chi connectivity index (χ2v) is 5.23. The largest absolute Gasteiger partial charge is 0.377 e. The van der Waals surface area contributed by atoms with E-state index in [0.29, 0.717) is 5.57 Å². The van der Waals surface area contributed by atoms with Crippen molar-refractivity contribution in [3.8, 4) is 0 Å². The summed E-state index contributed by atoms with van der Waals surface area (Å²) in [6.45, 7) is 3.60. The van der Waals surface area contributed by atoms with Crippen molar-refractivity contribution in [1.29, 1.82) is 0 Å². The maximum atomic E-state index is 11.3. The van der Waals surface area contributed by atoms with Crippen molar-refractivity contribution in [2.75, 3.05) is 19.0 Å². The maximum absolute atomic E-state index is 11.3. The van der Waals surface area contributed by atoms with Crippen LogP contribution in [-0.4, -0.2) is 29.7 Å². The maximum Gasteiger partial charge on any atom is 0.298 e. The average Bonchev–Trinajstić information content (AvgIpc) is 2.30. The summed E-state index contributed by atoms with van der Waals surface area (Å²) >= 11 is 0. The van der Waals surface area contributed by atoms with Gasteiger partial charge in [-0.3, -0.25) is 20.8 Å². The van der Waals surface area contributed by atoms with Gasteiger partial charge >= 0.3 is 0 Å². The summed E-state index contributed by atoms with van der Waals surface area (Å²) in [6.07, 6.45) is 1.89. The summed E-state index contributed by atoms with van der Waals surface area (Å²) in [4.78, 5) is 17.2. The van der Waals surface area contributed by atoms with E-state index in [0.717, 1.165) is 22.6 Å². The number of nitrogens with two attached hydrogens (primary N) is 1. The molecule has 1 unspecified atom stereocenters. The number of fused-ring (bicyclic) bond motifs is 1. The molecule has 6 heteroatoms. The molecule has 2 rings (SSSR count). The van der Waals surface area contributed by atoms with Gasteiger partial charge in [0.25, 0.3) is 5.66 Å². The zero-order chi connectivity index (χ0) is 14.4. The Balaban J connectivity index is 2.66. The fraction of sp³-hybridized carbons (Fsp3) is 0.462. The number of nitrogens with zero attached hydrogens (tertiary/aromatic N) is 3. The lowest BCUT2D eigenvalue weighted by Crippen LogP contribution is -2.52. The van der Waals surface area contributed by atoms with Crippen LogP contribution in [0.15, 0.2) is 11.6 Å². The lowest BCUT2D eigenvalue weighted by molar-refractivity contribution is -0.557. The Morgan fingerprint density at radius 2 is 2.11 bits per heavy atom. The topological polar surface area (TPSA) is 85.3 Å². The number of hydrogen-bond donors (Lipinski definition) is 1. The van der Waals surface area contributed by atoms with Crippen LogP contribution in [-0.2, 0) is 6.42 Å². The third-order valence-electron chi connectivity index (χ3n) is 3.55. The van der Waals surface area contributed by atoms with Crippen molar-refractivity contribution in [3.63, 3.8) is 0 Å². The summed E-state index contributed by atoms with van der Waals surface area (Å²) in [5.74, 6) is 0. The van der Waals surface area contributed by atoms with Crippen molar-refractivity contribution in [3.05, 3.63) is 38.7 Å². The summed E-state index contributed by atoms with van der Waals surface area (Å²) in [5, 5.41) is 11.3. The molecule has 0 fully saturated rings. The van der Waals surface area contributed by atoms with E-state index in [4.69, 9.17) is 5.73 Å². The molecule has 0 aliphatic heterocycles. The lowest BCUT2D eigenvalue weighted by Gasteiger charge is -2.29. The summed E-state index contributed by atoms with van der Waals surface area (Å²) in [6, 6.07) is 1.92. The first-order chi connectivity index (χ1) is 8.75. The third kappa shape index (κ3) is 2.08. The molecule has 1 aromatic heterocycles. The molecule has 0 bridgehead atoms. The minimum atomic E-state index is -1.53. The van der Waals surface area contributed by atoms with Crippen LogP contribution in [0.2, 0.25) is 0 Å². The van der Waals surface area contributed by atoms with Crippen LogP contribution >= 0.6 is 0 Å². The highest BCUT2D eigenvalue weighted by molar-refractivity contribution is 5.68. The lowest BCUT2D eigenvalue weighted by atomic mass is 9.86. The van der Waals surface area contributed by atoms with Crippen LogP contribution in [0, 0.1) is 17.0 Å². The molecular formula is C13H18N4O2. The highest BCUT2D eigenvalue weighted by atomic mass is 16.6. The molecule has 0 aromatic carbocycles. The summed E-state index contributed by atoms with van der Waals surface area (Å²) in [7, 11) is 3.81. The normalized spacial score (nSPS) is 21.6. The van der Waals surface area contributed by atoms with Crippen molar-refractivity contribution in [2.24, 2.45) is 5.73 Å². The van der Waals surface area contributed by atoms with Gasteiger partial charge in [0.15, 0.2) is 0 Å². The van der Waals surface area contributed by atoms with Crippen molar-refractivity contribution in [2.45, 2.75) is 25.9 Å². The van der Waals surface area contributed by atoms with Gasteiger partial charge < -0.3 is 4.90 Å². The SMILES string of the molecule is CC1=Cc2nc(C)cc(N(C)C)c2CC1(N)[N+](=O)[O-]. The first kappa shape index (κ1) is 13.5. The van der Waals surface area contributed by atoms with Crippen molar-refractivity contribution < 1.29 is 4.92 Å². The van der Waals surface area contributed by atoms with Crippen molar-refractivity contribution in [1.82, 2.24) is 4.98 Å². The van der Waals surface area contributed by atoms with E-state index in [1.807, 2.05) is 32.0 Å². The number of anilines is 1. The molecule has 1 aliphatic carbocycles. The minimum absolute atomic E-state index is 0.165. The number of rotatable bonds is 2. The van der Waals surface area contributed by atoms with Gasteiger partial charge in [-0.05, 0) is 26.0 Å². The Kier molecular flexibility index (Phi) is 3.06. The first-order valence-electron chi connectivity index (χ1n) is 6.05.